The molecule has 0 saturated heterocycles. The zero-order valence-electron chi connectivity index (χ0n) is 6.67. The van der Waals surface area contributed by atoms with E-state index in [-0.39, 0.29) is 17.9 Å². The van der Waals surface area contributed by atoms with Crippen LogP contribution >= 0.6 is 0 Å². The van der Waals surface area contributed by atoms with Gasteiger partial charge < -0.3 is 16.6 Å². The Hall–Kier alpha value is -1.43. The number of nitrogens with zero attached hydrogens (tertiary/aromatic N) is 1. The number of nitrogen functional groups attached to an aromatic ring is 1. The predicted octanol–water partition coefficient (Wildman–Crippen LogP) is 0.766. The number of anilines is 1. The highest BCUT2D eigenvalue weighted by Crippen LogP contribution is 2.31. The van der Waals surface area contributed by atoms with Gasteiger partial charge in [-0.25, -0.2) is 13.8 Å². The van der Waals surface area contributed by atoms with Gasteiger partial charge in [-0.05, 0) is 6.07 Å². The fourth-order valence-corrected chi connectivity index (χ4v) is 0.892. The van der Waals surface area contributed by atoms with Crippen LogP contribution in [-0.2, 0) is 6.54 Å². The Morgan fingerprint density at radius 1 is 1.54 bits per heavy atom. The van der Waals surface area contributed by atoms with E-state index >= 15 is 0 Å². The number of halogens is 2. The van der Waals surface area contributed by atoms with Crippen molar-refractivity contribution < 1.29 is 13.9 Å². The molecule has 0 radical (unpaired) electrons. The van der Waals surface area contributed by atoms with Crippen molar-refractivity contribution in [1.29, 1.82) is 0 Å². The lowest BCUT2D eigenvalue weighted by atomic mass is 10.2. The molecule has 0 saturated carbocycles. The summed E-state index contributed by atoms with van der Waals surface area (Å²) in [7, 11) is 0. The second-order valence-corrected chi connectivity index (χ2v) is 2.44. The molecule has 0 aliphatic rings. The smallest absolute Gasteiger partial charge is 0.284 e. The van der Waals surface area contributed by atoms with Crippen LogP contribution < -0.4 is 11.5 Å². The minimum Gasteiger partial charge on any atom is -0.504 e. The van der Waals surface area contributed by atoms with Crippen LogP contribution in [0.4, 0.5) is 14.5 Å². The molecule has 0 spiro atoms. The second-order valence-electron chi connectivity index (χ2n) is 2.44. The Balaban J connectivity index is 3.25. The topological polar surface area (TPSA) is 85.2 Å². The number of hydrogen-bond donors (Lipinski definition) is 3. The van der Waals surface area contributed by atoms with Gasteiger partial charge in [0.1, 0.15) is 0 Å². The van der Waals surface area contributed by atoms with Crippen molar-refractivity contribution in [2.45, 2.75) is 13.0 Å². The van der Waals surface area contributed by atoms with Gasteiger partial charge in [-0.2, -0.15) is 0 Å². The van der Waals surface area contributed by atoms with Crippen molar-refractivity contribution in [1.82, 2.24) is 4.98 Å². The van der Waals surface area contributed by atoms with Crippen LogP contribution in [0.25, 0.3) is 0 Å². The van der Waals surface area contributed by atoms with Gasteiger partial charge in [0.15, 0.2) is 11.4 Å². The molecule has 13 heavy (non-hydrogen) atoms. The Morgan fingerprint density at radius 2 is 2.15 bits per heavy atom. The average molecular weight is 189 g/mol. The van der Waals surface area contributed by atoms with E-state index in [1.165, 1.54) is 6.07 Å². The molecule has 0 aromatic carbocycles. The minimum atomic E-state index is -2.85. The quantitative estimate of drug-likeness (QED) is 0.641. The molecule has 6 heteroatoms. The molecule has 0 unspecified atom stereocenters. The summed E-state index contributed by atoms with van der Waals surface area (Å²) in [6, 6.07) is 1.27. The van der Waals surface area contributed by atoms with E-state index in [2.05, 4.69) is 4.98 Å². The molecular formula is C7H9F2N3O. The molecule has 1 rings (SSSR count). The number of aromatic nitrogens is 1. The van der Waals surface area contributed by atoms with E-state index in [4.69, 9.17) is 16.6 Å². The van der Waals surface area contributed by atoms with Crippen LogP contribution in [0.1, 0.15) is 17.8 Å². The molecule has 1 aromatic heterocycles. The van der Waals surface area contributed by atoms with E-state index in [1.54, 1.807) is 0 Å². The molecule has 0 aliphatic carbocycles. The van der Waals surface area contributed by atoms with Crippen molar-refractivity contribution in [3.63, 3.8) is 0 Å². The minimum absolute atomic E-state index is 0.00417. The molecule has 0 amide bonds. The van der Waals surface area contributed by atoms with Crippen LogP contribution in [0, 0.1) is 0 Å². The van der Waals surface area contributed by atoms with Crippen LogP contribution in [0.3, 0.4) is 0 Å². The van der Waals surface area contributed by atoms with Gasteiger partial charge >= 0.3 is 0 Å². The normalized spacial score (nSPS) is 10.8. The lowest BCUT2D eigenvalue weighted by Gasteiger charge is -2.07. The average Bonchev–Trinajstić information content (AvgIpc) is 2.09. The Bertz CT molecular complexity index is 317. The summed E-state index contributed by atoms with van der Waals surface area (Å²) in [5, 5.41) is 9.08. The van der Waals surface area contributed by atoms with Crippen LogP contribution in [0.2, 0.25) is 0 Å². The number of pyridine rings is 1. The zero-order valence-corrected chi connectivity index (χ0v) is 6.67. The van der Waals surface area contributed by atoms with Crippen LogP contribution in [-0.4, -0.2) is 10.1 Å². The Kier molecular flexibility index (Phi) is 2.62. The van der Waals surface area contributed by atoms with Crippen molar-refractivity contribution in [2.24, 2.45) is 5.73 Å². The van der Waals surface area contributed by atoms with Gasteiger partial charge in [0.05, 0.1) is 11.4 Å². The SMILES string of the molecule is NCc1cc(N)c(O)c(C(F)F)n1. The summed E-state index contributed by atoms with van der Waals surface area (Å²) in [6.45, 7) is 0.00417. The van der Waals surface area contributed by atoms with Gasteiger partial charge in [0, 0.05) is 6.54 Å². The predicted molar refractivity (Wildman–Crippen MR) is 43.2 cm³/mol. The third kappa shape index (κ3) is 1.83. The highest BCUT2D eigenvalue weighted by atomic mass is 19.3. The summed E-state index contributed by atoms with van der Waals surface area (Å²) in [4.78, 5) is 3.45. The molecule has 5 N–H and O–H groups in total. The molecule has 0 atom stereocenters. The van der Waals surface area contributed by atoms with E-state index in [1.807, 2.05) is 0 Å². The third-order valence-electron chi connectivity index (χ3n) is 1.52. The maximum Gasteiger partial charge on any atom is 0.284 e. The summed E-state index contributed by atoms with van der Waals surface area (Å²) >= 11 is 0. The standard InChI is InChI=1S/C7H9F2N3O/c8-7(9)5-6(13)4(11)1-3(2-10)12-5/h1,7,13H,2,10H2,(H2,11,12). The molecule has 0 bridgehead atoms. The molecule has 0 fully saturated rings. The Morgan fingerprint density at radius 3 is 2.62 bits per heavy atom. The molecular weight excluding hydrogens is 180 g/mol. The number of aromatic hydroxyl groups is 1. The first-order valence-corrected chi connectivity index (χ1v) is 3.52. The highest BCUT2D eigenvalue weighted by molar-refractivity contribution is 5.54. The van der Waals surface area contributed by atoms with E-state index in [0.717, 1.165) is 0 Å². The van der Waals surface area contributed by atoms with Gasteiger partial charge in [-0.3, -0.25) is 0 Å². The maximum absolute atomic E-state index is 12.2. The zero-order chi connectivity index (χ0) is 10.0. The van der Waals surface area contributed by atoms with Gasteiger partial charge in [-0.15, -0.1) is 0 Å². The first kappa shape index (κ1) is 9.66. The summed E-state index contributed by atoms with van der Waals surface area (Å²) < 4.78 is 24.4. The molecule has 0 aliphatic heterocycles. The first-order valence-electron chi connectivity index (χ1n) is 3.52. The maximum atomic E-state index is 12.2. The lowest BCUT2D eigenvalue weighted by Crippen LogP contribution is -2.05. The fraction of sp³-hybridized carbons (Fsp3) is 0.286. The third-order valence-corrected chi connectivity index (χ3v) is 1.52. The van der Waals surface area contributed by atoms with Crippen molar-refractivity contribution in [3.05, 3.63) is 17.5 Å². The largest absolute Gasteiger partial charge is 0.504 e. The van der Waals surface area contributed by atoms with E-state index < -0.39 is 17.9 Å². The number of alkyl halides is 2. The van der Waals surface area contributed by atoms with Gasteiger partial charge in [0.25, 0.3) is 6.43 Å². The van der Waals surface area contributed by atoms with Crippen molar-refractivity contribution in [3.8, 4) is 5.75 Å². The van der Waals surface area contributed by atoms with Crippen molar-refractivity contribution >= 4 is 5.69 Å². The van der Waals surface area contributed by atoms with E-state index in [0.29, 0.717) is 0 Å². The first-order chi connectivity index (χ1) is 6.06. The number of hydrogen-bond acceptors (Lipinski definition) is 4. The van der Waals surface area contributed by atoms with Crippen LogP contribution in [0.5, 0.6) is 5.75 Å². The van der Waals surface area contributed by atoms with E-state index in [9.17, 15) is 8.78 Å². The fourth-order valence-electron chi connectivity index (χ4n) is 0.892. The summed E-state index contributed by atoms with van der Waals surface area (Å²) in [5.41, 5.74) is 9.82. The molecule has 72 valence electrons. The lowest BCUT2D eigenvalue weighted by molar-refractivity contribution is 0.141. The monoisotopic (exact) mass is 189 g/mol. The van der Waals surface area contributed by atoms with Gasteiger partial charge in [0.2, 0.25) is 0 Å². The molecule has 4 nitrogen and oxygen atoms in total. The second kappa shape index (κ2) is 3.53. The molecule has 1 aromatic rings. The van der Waals surface area contributed by atoms with Crippen molar-refractivity contribution in [2.75, 3.05) is 5.73 Å². The Labute approximate surface area is 73.2 Å². The van der Waals surface area contributed by atoms with Gasteiger partial charge in [-0.1, -0.05) is 0 Å². The number of rotatable bonds is 2. The number of nitrogens with two attached hydrogens (primary N) is 2. The summed E-state index contributed by atoms with van der Waals surface area (Å²) in [5.74, 6) is -0.674. The summed E-state index contributed by atoms with van der Waals surface area (Å²) in [6.07, 6.45) is -2.85. The highest BCUT2D eigenvalue weighted by Gasteiger charge is 2.17. The molecule has 1 heterocycles. The van der Waals surface area contributed by atoms with Crippen LogP contribution in [0.15, 0.2) is 6.07 Å².